The average molecular weight is 361 g/mol. The van der Waals surface area contributed by atoms with Gasteiger partial charge in [0.05, 0.1) is 26.4 Å². The Balaban J connectivity index is 1.44. The van der Waals surface area contributed by atoms with Gasteiger partial charge in [-0.25, -0.2) is 0 Å². The monoisotopic (exact) mass is 360 g/mol. The molecule has 2 aliphatic rings. The van der Waals surface area contributed by atoms with Gasteiger partial charge in [-0.15, -0.1) is 0 Å². The zero-order valence-corrected chi connectivity index (χ0v) is 16.0. The van der Waals surface area contributed by atoms with Gasteiger partial charge in [-0.2, -0.15) is 0 Å². The van der Waals surface area contributed by atoms with Crippen LogP contribution in [0.2, 0.25) is 0 Å². The number of morpholine rings is 1. The van der Waals surface area contributed by atoms with Crippen molar-refractivity contribution >= 4 is 5.96 Å². The molecule has 0 aromatic heterocycles. The highest BCUT2D eigenvalue weighted by Gasteiger charge is 2.31. The number of guanidine groups is 1. The Morgan fingerprint density at radius 1 is 1.31 bits per heavy atom. The molecule has 1 aromatic carbocycles. The van der Waals surface area contributed by atoms with Crippen molar-refractivity contribution in [3.8, 4) is 5.75 Å². The summed E-state index contributed by atoms with van der Waals surface area (Å²) in [4.78, 5) is 7.30. The smallest absolute Gasteiger partial charge is 0.191 e. The second kappa shape index (κ2) is 9.78. The van der Waals surface area contributed by atoms with Crippen LogP contribution in [0.25, 0.3) is 0 Å². The molecule has 2 aliphatic heterocycles. The Morgan fingerprint density at radius 2 is 2.15 bits per heavy atom. The summed E-state index contributed by atoms with van der Waals surface area (Å²) in [6.45, 7) is 7.59. The van der Waals surface area contributed by atoms with Gasteiger partial charge >= 0.3 is 0 Å². The first-order chi connectivity index (χ1) is 12.8. The molecular weight excluding hydrogens is 328 g/mol. The molecule has 1 aromatic rings. The number of ether oxygens (including phenoxy) is 2. The fraction of sp³-hybridized carbons (Fsp3) is 0.650. The molecule has 0 amide bonds. The van der Waals surface area contributed by atoms with Crippen LogP contribution in [-0.4, -0.2) is 69.4 Å². The number of benzene rings is 1. The Labute approximate surface area is 157 Å². The minimum Gasteiger partial charge on any atom is -0.497 e. The SMILES string of the molecule is CCNC(=NCC1CN2CCCC2CO1)NCCc1ccc(OC)cc1. The van der Waals surface area contributed by atoms with Gasteiger partial charge in [0.15, 0.2) is 5.96 Å². The van der Waals surface area contributed by atoms with Gasteiger partial charge < -0.3 is 20.1 Å². The minimum atomic E-state index is 0.210. The molecule has 0 saturated carbocycles. The first-order valence-electron chi connectivity index (χ1n) is 9.79. The van der Waals surface area contributed by atoms with Crippen molar-refractivity contribution in [1.29, 1.82) is 0 Å². The van der Waals surface area contributed by atoms with Crippen LogP contribution in [0.15, 0.2) is 29.3 Å². The van der Waals surface area contributed by atoms with Crippen molar-refractivity contribution in [2.24, 2.45) is 4.99 Å². The molecule has 2 unspecified atom stereocenters. The summed E-state index contributed by atoms with van der Waals surface area (Å²) in [5.41, 5.74) is 1.28. The predicted octanol–water partition coefficient (Wildman–Crippen LogP) is 1.66. The standard InChI is InChI=1S/C20H32N4O2/c1-3-21-20(22-11-10-16-6-8-18(25-2)9-7-16)23-13-19-14-24-12-4-5-17(24)15-26-19/h6-9,17,19H,3-5,10-15H2,1-2H3,(H2,21,22,23). The molecule has 0 aliphatic carbocycles. The first-order valence-corrected chi connectivity index (χ1v) is 9.79. The number of fused-ring (bicyclic) bond motifs is 1. The molecule has 144 valence electrons. The average Bonchev–Trinajstić information content (AvgIpc) is 3.14. The highest BCUT2D eigenvalue weighted by atomic mass is 16.5. The lowest BCUT2D eigenvalue weighted by Gasteiger charge is -2.34. The van der Waals surface area contributed by atoms with Gasteiger partial charge in [0.2, 0.25) is 0 Å². The van der Waals surface area contributed by atoms with Gasteiger partial charge in [0.1, 0.15) is 5.75 Å². The summed E-state index contributed by atoms with van der Waals surface area (Å²) in [7, 11) is 1.69. The molecule has 0 radical (unpaired) electrons. The van der Waals surface area contributed by atoms with Crippen LogP contribution < -0.4 is 15.4 Å². The second-order valence-corrected chi connectivity index (χ2v) is 6.99. The molecule has 2 N–H and O–H groups in total. The van der Waals surface area contributed by atoms with Crippen molar-refractivity contribution in [2.75, 3.05) is 46.4 Å². The van der Waals surface area contributed by atoms with Crippen LogP contribution in [0, 0.1) is 0 Å². The third kappa shape index (κ3) is 5.35. The lowest BCUT2D eigenvalue weighted by molar-refractivity contribution is -0.0432. The van der Waals surface area contributed by atoms with E-state index in [-0.39, 0.29) is 6.10 Å². The Morgan fingerprint density at radius 3 is 2.92 bits per heavy atom. The molecule has 2 fully saturated rings. The molecule has 2 atom stereocenters. The summed E-state index contributed by atoms with van der Waals surface area (Å²) >= 11 is 0. The van der Waals surface area contributed by atoms with E-state index >= 15 is 0 Å². The Hall–Kier alpha value is -1.79. The van der Waals surface area contributed by atoms with Crippen molar-refractivity contribution in [3.05, 3.63) is 29.8 Å². The summed E-state index contributed by atoms with van der Waals surface area (Å²) in [5, 5.41) is 6.74. The van der Waals surface area contributed by atoms with E-state index in [0.717, 1.165) is 44.4 Å². The highest BCUT2D eigenvalue weighted by Crippen LogP contribution is 2.22. The summed E-state index contributed by atoms with van der Waals surface area (Å²) in [6.07, 6.45) is 3.75. The molecule has 0 bridgehead atoms. The van der Waals surface area contributed by atoms with Crippen molar-refractivity contribution < 1.29 is 9.47 Å². The van der Waals surface area contributed by atoms with Crippen LogP contribution in [-0.2, 0) is 11.2 Å². The highest BCUT2D eigenvalue weighted by molar-refractivity contribution is 5.79. The minimum absolute atomic E-state index is 0.210. The fourth-order valence-corrected chi connectivity index (χ4v) is 3.65. The summed E-state index contributed by atoms with van der Waals surface area (Å²) in [5.74, 6) is 1.76. The van der Waals surface area contributed by atoms with Crippen LogP contribution in [0.4, 0.5) is 0 Å². The van der Waals surface area contributed by atoms with Gasteiger partial charge in [-0.3, -0.25) is 9.89 Å². The maximum absolute atomic E-state index is 6.00. The second-order valence-electron chi connectivity index (χ2n) is 6.99. The van der Waals surface area contributed by atoms with Crippen molar-refractivity contribution in [2.45, 2.75) is 38.3 Å². The maximum Gasteiger partial charge on any atom is 0.191 e. The van der Waals surface area contributed by atoms with E-state index in [9.17, 15) is 0 Å². The topological polar surface area (TPSA) is 58.1 Å². The number of hydrogen-bond acceptors (Lipinski definition) is 4. The van der Waals surface area contributed by atoms with Crippen molar-refractivity contribution in [3.63, 3.8) is 0 Å². The molecule has 0 spiro atoms. The number of methoxy groups -OCH3 is 1. The van der Waals surface area contributed by atoms with E-state index in [4.69, 9.17) is 14.5 Å². The molecule has 2 saturated heterocycles. The third-order valence-corrected chi connectivity index (χ3v) is 5.12. The van der Waals surface area contributed by atoms with Crippen LogP contribution >= 0.6 is 0 Å². The summed E-state index contributed by atoms with van der Waals surface area (Å²) in [6, 6.07) is 8.85. The molecule has 2 heterocycles. The van der Waals surface area contributed by atoms with Crippen LogP contribution in [0.5, 0.6) is 5.75 Å². The largest absolute Gasteiger partial charge is 0.497 e. The van der Waals surface area contributed by atoms with Gasteiger partial charge in [0.25, 0.3) is 0 Å². The van der Waals surface area contributed by atoms with E-state index in [1.807, 2.05) is 12.1 Å². The molecular formula is C20H32N4O2. The van der Waals surface area contributed by atoms with Crippen LogP contribution in [0.1, 0.15) is 25.3 Å². The Kier molecular flexibility index (Phi) is 7.14. The number of aliphatic imine (C=N–C) groups is 1. The first kappa shape index (κ1) is 19.0. The molecule has 26 heavy (non-hydrogen) atoms. The zero-order valence-electron chi connectivity index (χ0n) is 16.0. The Bertz CT molecular complexity index is 576. The quantitative estimate of drug-likeness (QED) is 0.572. The predicted molar refractivity (Wildman–Crippen MR) is 105 cm³/mol. The molecule has 6 heteroatoms. The molecule has 6 nitrogen and oxygen atoms in total. The number of hydrogen-bond donors (Lipinski definition) is 2. The van der Waals surface area contributed by atoms with E-state index in [0.29, 0.717) is 12.6 Å². The number of nitrogens with zero attached hydrogens (tertiary/aromatic N) is 2. The van der Waals surface area contributed by atoms with Gasteiger partial charge in [0, 0.05) is 25.7 Å². The van der Waals surface area contributed by atoms with Gasteiger partial charge in [-0.05, 0) is 50.4 Å². The number of nitrogens with one attached hydrogen (secondary N) is 2. The normalized spacial score (nSPS) is 23.5. The van der Waals surface area contributed by atoms with Gasteiger partial charge in [-0.1, -0.05) is 12.1 Å². The van der Waals surface area contributed by atoms with E-state index in [1.54, 1.807) is 7.11 Å². The van der Waals surface area contributed by atoms with E-state index < -0.39 is 0 Å². The lowest BCUT2D eigenvalue weighted by atomic mass is 10.1. The van der Waals surface area contributed by atoms with E-state index in [2.05, 4.69) is 34.6 Å². The number of rotatable bonds is 7. The van der Waals surface area contributed by atoms with Crippen LogP contribution in [0.3, 0.4) is 0 Å². The van der Waals surface area contributed by atoms with E-state index in [1.165, 1.54) is 24.9 Å². The van der Waals surface area contributed by atoms with Crippen molar-refractivity contribution in [1.82, 2.24) is 15.5 Å². The lowest BCUT2D eigenvalue weighted by Crippen LogP contribution is -2.47. The zero-order chi connectivity index (χ0) is 18.2. The maximum atomic E-state index is 6.00. The fourth-order valence-electron chi connectivity index (χ4n) is 3.65. The summed E-state index contributed by atoms with van der Waals surface area (Å²) < 4.78 is 11.2. The third-order valence-electron chi connectivity index (χ3n) is 5.12. The molecule has 3 rings (SSSR count).